The van der Waals surface area contributed by atoms with Crippen LogP contribution >= 0.6 is 0 Å². The predicted molar refractivity (Wildman–Crippen MR) is 111 cm³/mol. The van der Waals surface area contributed by atoms with Gasteiger partial charge in [-0.25, -0.2) is 4.98 Å². The van der Waals surface area contributed by atoms with Gasteiger partial charge in [0.2, 0.25) is 0 Å². The van der Waals surface area contributed by atoms with Crippen LogP contribution in [0.1, 0.15) is 61.6 Å². The van der Waals surface area contributed by atoms with Crippen molar-refractivity contribution in [3.63, 3.8) is 0 Å². The lowest BCUT2D eigenvalue weighted by atomic mass is 9.89. The van der Waals surface area contributed by atoms with Gasteiger partial charge in [0.25, 0.3) is 5.91 Å². The van der Waals surface area contributed by atoms with Gasteiger partial charge in [-0.1, -0.05) is 36.4 Å². The van der Waals surface area contributed by atoms with Gasteiger partial charge in [-0.15, -0.1) is 0 Å². The van der Waals surface area contributed by atoms with Crippen molar-refractivity contribution >= 4 is 11.7 Å². The number of piperidine rings is 1. The van der Waals surface area contributed by atoms with Gasteiger partial charge in [-0.2, -0.15) is 0 Å². The number of fused-ring (bicyclic) bond motifs is 1. The van der Waals surface area contributed by atoms with E-state index in [0.717, 1.165) is 50.5 Å². The molecule has 2 aromatic rings. The average molecular weight is 389 g/mol. The minimum Gasteiger partial charge on any atom is -0.356 e. The zero-order valence-corrected chi connectivity index (χ0v) is 16.7. The molecule has 1 unspecified atom stereocenters. The summed E-state index contributed by atoms with van der Waals surface area (Å²) >= 11 is 0. The number of nitrogens with zero attached hydrogens (tertiary/aromatic N) is 3. The van der Waals surface area contributed by atoms with Crippen LogP contribution in [0.15, 0.2) is 48.7 Å². The zero-order valence-electron chi connectivity index (χ0n) is 16.7. The molecule has 0 bridgehead atoms. The van der Waals surface area contributed by atoms with Crippen LogP contribution in [-0.2, 0) is 9.53 Å². The van der Waals surface area contributed by atoms with E-state index in [0.29, 0.717) is 0 Å². The number of aromatic nitrogens is 1. The summed E-state index contributed by atoms with van der Waals surface area (Å²) in [6.07, 6.45) is 7.98. The first-order valence-corrected chi connectivity index (χ1v) is 11.0. The second kappa shape index (κ2) is 6.56. The minimum atomic E-state index is -0.636. The Morgan fingerprint density at radius 1 is 0.931 bits per heavy atom. The number of carbonyl (C=O) groups excluding carboxylic acids is 1. The van der Waals surface area contributed by atoms with E-state index in [1.54, 1.807) is 0 Å². The highest BCUT2D eigenvalue weighted by Crippen LogP contribution is 2.48. The third kappa shape index (κ3) is 2.86. The molecule has 1 aliphatic carbocycles. The molecule has 1 spiro atoms. The van der Waals surface area contributed by atoms with E-state index in [4.69, 9.17) is 9.72 Å². The van der Waals surface area contributed by atoms with Crippen LogP contribution in [0.4, 0.5) is 5.82 Å². The summed E-state index contributed by atoms with van der Waals surface area (Å²) in [7, 11) is 0. The van der Waals surface area contributed by atoms with Crippen molar-refractivity contribution in [1.82, 2.24) is 9.88 Å². The molecular weight excluding hydrogens is 362 g/mol. The maximum Gasteiger partial charge on any atom is 0.257 e. The third-order valence-corrected chi connectivity index (χ3v) is 7.22. The van der Waals surface area contributed by atoms with E-state index >= 15 is 0 Å². The summed E-state index contributed by atoms with van der Waals surface area (Å²) in [5.74, 6) is 1.96. The van der Waals surface area contributed by atoms with Crippen molar-refractivity contribution < 1.29 is 9.53 Å². The molecule has 1 amide bonds. The fourth-order valence-electron chi connectivity index (χ4n) is 5.39. The van der Waals surface area contributed by atoms with E-state index in [1.165, 1.54) is 24.0 Å². The first kappa shape index (κ1) is 17.5. The molecule has 1 saturated carbocycles. The van der Waals surface area contributed by atoms with Crippen molar-refractivity contribution in [2.45, 2.75) is 62.3 Å². The predicted octanol–water partition coefficient (Wildman–Crippen LogP) is 4.02. The quantitative estimate of drug-likeness (QED) is 0.795. The van der Waals surface area contributed by atoms with E-state index in [1.807, 2.05) is 17.2 Å². The average Bonchev–Trinajstić information content (AvgIpc) is 3.49. The molecule has 150 valence electrons. The van der Waals surface area contributed by atoms with Crippen molar-refractivity contribution in [2.75, 3.05) is 18.0 Å². The van der Waals surface area contributed by atoms with E-state index in [2.05, 4.69) is 41.3 Å². The fraction of sp³-hybridized carbons (Fsp3) is 0.500. The molecular formula is C24H27N3O2. The second-order valence-corrected chi connectivity index (χ2v) is 8.99. The number of pyridine rings is 1. The molecule has 3 saturated heterocycles. The Kier molecular flexibility index (Phi) is 3.95. The van der Waals surface area contributed by atoms with Crippen molar-refractivity contribution in [1.29, 1.82) is 0 Å². The van der Waals surface area contributed by atoms with Crippen LogP contribution in [0.2, 0.25) is 0 Å². The lowest BCUT2D eigenvalue weighted by molar-refractivity contribution is -0.140. The van der Waals surface area contributed by atoms with E-state index < -0.39 is 5.60 Å². The molecule has 6 rings (SSSR count). The first-order chi connectivity index (χ1) is 14.2. The molecule has 4 aliphatic rings. The van der Waals surface area contributed by atoms with Gasteiger partial charge in [0.15, 0.2) is 5.60 Å². The van der Waals surface area contributed by atoms with Crippen LogP contribution in [0.25, 0.3) is 0 Å². The van der Waals surface area contributed by atoms with Gasteiger partial charge in [-0.3, -0.25) is 4.79 Å². The first-order valence-electron chi connectivity index (χ1n) is 11.0. The normalized spacial score (nSPS) is 28.2. The van der Waals surface area contributed by atoms with Crippen LogP contribution in [0.3, 0.4) is 0 Å². The molecule has 4 fully saturated rings. The van der Waals surface area contributed by atoms with Gasteiger partial charge in [0, 0.05) is 32.1 Å². The molecule has 1 aromatic heterocycles. The fourth-order valence-corrected chi connectivity index (χ4v) is 5.39. The molecule has 2 atom stereocenters. The number of rotatable bonds is 3. The van der Waals surface area contributed by atoms with Gasteiger partial charge in [0.1, 0.15) is 12.0 Å². The van der Waals surface area contributed by atoms with Gasteiger partial charge >= 0.3 is 0 Å². The van der Waals surface area contributed by atoms with Crippen molar-refractivity contribution in [3.05, 3.63) is 59.8 Å². The summed E-state index contributed by atoms with van der Waals surface area (Å²) in [5, 5.41) is 0. The maximum atomic E-state index is 13.5. The molecule has 29 heavy (non-hydrogen) atoms. The van der Waals surface area contributed by atoms with E-state index in [9.17, 15) is 4.79 Å². The van der Waals surface area contributed by atoms with Crippen molar-refractivity contribution in [3.8, 4) is 0 Å². The number of anilines is 1. The third-order valence-electron chi connectivity index (χ3n) is 7.22. The van der Waals surface area contributed by atoms with Gasteiger partial charge < -0.3 is 14.5 Å². The number of hydrogen-bond donors (Lipinski definition) is 0. The molecule has 0 radical (unpaired) electrons. The highest BCUT2D eigenvalue weighted by Gasteiger charge is 2.57. The van der Waals surface area contributed by atoms with Crippen LogP contribution in [0.5, 0.6) is 0 Å². The Morgan fingerprint density at radius 2 is 1.72 bits per heavy atom. The standard InChI is InChI=1S/C24H27N3O2/c28-23-24(29-22-11-9-20(27(22)23)18-4-2-1-3-5-18)12-14-26(15-13-24)21-10-8-19(16-25-21)17-6-7-17/h1-5,8,10,16-17,20,22H,6-7,9,11-15H2/t20-,22?/m0/s1. The summed E-state index contributed by atoms with van der Waals surface area (Å²) in [4.78, 5) is 22.5. The van der Waals surface area contributed by atoms with Gasteiger partial charge in [0.05, 0.1) is 6.04 Å². The smallest absolute Gasteiger partial charge is 0.257 e. The largest absolute Gasteiger partial charge is 0.356 e. The molecule has 4 heterocycles. The highest BCUT2D eigenvalue weighted by molar-refractivity contribution is 5.88. The summed E-state index contributed by atoms with van der Waals surface area (Å²) in [6, 6.07) is 14.9. The van der Waals surface area contributed by atoms with Crippen LogP contribution in [-0.4, -0.2) is 40.7 Å². The highest BCUT2D eigenvalue weighted by atomic mass is 16.6. The topological polar surface area (TPSA) is 45.7 Å². The molecule has 5 nitrogen and oxygen atoms in total. The molecule has 3 aliphatic heterocycles. The number of benzene rings is 1. The number of amides is 1. The van der Waals surface area contributed by atoms with Crippen LogP contribution in [0, 0.1) is 0 Å². The Hall–Kier alpha value is -2.40. The van der Waals surface area contributed by atoms with Gasteiger partial charge in [-0.05, 0) is 48.8 Å². The summed E-state index contributed by atoms with van der Waals surface area (Å²) in [5.41, 5.74) is 1.95. The Balaban J connectivity index is 1.16. The Bertz CT molecular complexity index is 901. The van der Waals surface area contributed by atoms with E-state index in [-0.39, 0.29) is 18.2 Å². The second-order valence-electron chi connectivity index (χ2n) is 8.99. The summed E-state index contributed by atoms with van der Waals surface area (Å²) < 4.78 is 6.45. The van der Waals surface area contributed by atoms with Crippen molar-refractivity contribution in [2.24, 2.45) is 0 Å². The Morgan fingerprint density at radius 3 is 2.41 bits per heavy atom. The number of hydrogen-bond acceptors (Lipinski definition) is 4. The lowest BCUT2D eigenvalue weighted by Crippen LogP contribution is -2.50. The molecule has 5 heteroatoms. The maximum absolute atomic E-state index is 13.5. The summed E-state index contributed by atoms with van der Waals surface area (Å²) in [6.45, 7) is 1.64. The number of carbonyl (C=O) groups is 1. The SMILES string of the molecule is O=C1N2C(CC[C@H]2c2ccccc2)OC12CCN(c1ccc(C3CC3)cn1)CC2. The zero-order chi connectivity index (χ0) is 19.4. The minimum absolute atomic E-state index is 0.0600. The lowest BCUT2D eigenvalue weighted by Gasteiger charge is -2.38. The van der Waals surface area contributed by atoms with Crippen LogP contribution < -0.4 is 4.90 Å². The number of ether oxygens (including phenoxy) is 1. The Labute approximate surface area is 171 Å². The monoisotopic (exact) mass is 389 g/mol. The molecule has 0 N–H and O–H groups in total. The molecule has 1 aromatic carbocycles.